The molecule has 1 saturated heterocycles. The van der Waals surface area contributed by atoms with E-state index in [1.165, 1.54) is 6.92 Å². The van der Waals surface area contributed by atoms with Gasteiger partial charge in [0.05, 0.1) is 14.7 Å². The Morgan fingerprint density at radius 3 is 1.97 bits per heavy atom. The van der Waals surface area contributed by atoms with Gasteiger partial charge in [-0.2, -0.15) is 9.29 Å². The van der Waals surface area contributed by atoms with E-state index >= 15 is 0 Å². The third-order valence-electron chi connectivity index (χ3n) is 5.96. The third kappa shape index (κ3) is 5.49. The minimum atomic E-state index is -4.22. The molecule has 4 rings (SSSR count). The maximum absolute atomic E-state index is 13.2. The molecule has 0 spiro atoms. The molecule has 14 heteroatoms. The zero-order chi connectivity index (χ0) is 26.9. The van der Waals surface area contributed by atoms with Crippen molar-refractivity contribution in [1.82, 2.24) is 14.3 Å². The van der Waals surface area contributed by atoms with Crippen LogP contribution in [-0.4, -0.2) is 58.7 Å². The Morgan fingerprint density at radius 1 is 0.865 bits per heavy atom. The van der Waals surface area contributed by atoms with E-state index in [4.69, 9.17) is 4.74 Å². The fraction of sp³-hybridized carbons (Fsp3) is 0.304. The maximum atomic E-state index is 13.2. The second-order valence-electron chi connectivity index (χ2n) is 8.52. The van der Waals surface area contributed by atoms with Gasteiger partial charge in [-0.3, -0.25) is 20.2 Å². The predicted molar refractivity (Wildman–Crippen MR) is 133 cm³/mol. The number of nitro groups is 2. The Labute approximate surface area is 212 Å². The average Bonchev–Trinajstić information content (AvgIpc) is 2.85. The van der Waals surface area contributed by atoms with Gasteiger partial charge in [-0.05, 0) is 32.9 Å². The number of aromatic nitrogens is 2. The predicted octanol–water partition coefficient (Wildman–Crippen LogP) is 3.52. The van der Waals surface area contributed by atoms with Gasteiger partial charge in [0.15, 0.2) is 0 Å². The Balaban J connectivity index is 1.53. The van der Waals surface area contributed by atoms with Crippen LogP contribution in [0.3, 0.4) is 0 Å². The molecule has 37 heavy (non-hydrogen) atoms. The van der Waals surface area contributed by atoms with Crippen LogP contribution < -0.4 is 9.64 Å². The molecule has 13 nitrogen and oxygen atoms in total. The van der Waals surface area contributed by atoms with E-state index in [1.807, 2.05) is 36.1 Å². The number of anilines is 1. The van der Waals surface area contributed by atoms with Crippen molar-refractivity contribution in [2.75, 3.05) is 31.1 Å². The normalized spacial score (nSPS) is 14.4. The Bertz CT molecular complexity index is 1430. The minimum Gasteiger partial charge on any atom is -0.439 e. The SMILES string of the molecule is Cc1ccc(Oc2cc(N3CCN(S(=O)(=O)c4cc([N+](=O)[O-])c(C)c([N+](=O)[O-])c4)CC3)nc(C)n2)cc1. The molecule has 0 amide bonds. The lowest BCUT2D eigenvalue weighted by Crippen LogP contribution is -2.49. The number of benzene rings is 2. The second kappa shape index (κ2) is 10.1. The van der Waals surface area contributed by atoms with E-state index in [-0.39, 0.29) is 31.7 Å². The topological polar surface area (TPSA) is 162 Å². The molecule has 1 aliphatic heterocycles. The highest BCUT2D eigenvalue weighted by molar-refractivity contribution is 7.89. The van der Waals surface area contributed by atoms with Gasteiger partial charge in [0.1, 0.15) is 23.0 Å². The van der Waals surface area contributed by atoms with Crippen molar-refractivity contribution in [2.24, 2.45) is 0 Å². The quantitative estimate of drug-likeness (QED) is 0.327. The molecule has 194 valence electrons. The van der Waals surface area contributed by atoms with Crippen LogP contribution in [0.25, 0.3) is 0 Å². The molecule has 3 aromatic rings. The fourth-order valence-corrected chi connectivity index (χ4v) is 5.42. The molecule has 2 aromatic carbocycles. The highest BCUT2D eigenvalue weighted by atomic mass is 32.2. The fourth-order valence-electron chi connectivity index (χ4n) is 3.96. The first-order valence-electron chi connectivity index (χ1n) is 11.2. The van der Waals surface area contributed by atoms with Gasteiger partial charge in [0.2, 0.25) is 15.9 Å². The highest BCUT2D eigenvalue weighted by Crippen LogP contribution is 2.33. The lowest BCUT2D eigenvalue weighted by molar-refractivity contribution is -0.395. The van der Waals surface area contributed by atoms with Crippen LogP contribution in [-0.2, 0) is 10.0 Å². The van der Waals surface area contributed by atoms with Crippen molar-refractivity contribution in [3.05, 3.63) is 79.6 Å². The number of piperazine rings is 1. The van der Waals surface area contributed by atoms with E-state index in [0.29, 0.717) is 23.3 Å². The van der Waals surface area contributed by atoms with Crippen LogP contribution in [0.5, 0.6) is 11.6 Å². The second-order valence-corrected chi connectivity index (χ2v) is 10.5. The molecule has 0 aliphatic carbocycles. The molecular weight excluding hydrogens is 504 g/mol. The molecule has 0 radical (unpaired) electrons. The van der Waals surface area contributed by atoms with Crippen molar-refractivity contribution in [1.29, 1.82) is 0 Å². The lowest BCUT2D eigenvalue weighted by Gasteiger charge is -2.34. The number of hydrogen-bond donors (Lipinski definition) is 0. The summed E-state index contributed by atoms with van der Waals surface area (Å²) in [5.41, 5.74) is -0.357. The summed E-state index contributed by atoms with van der Waals surface area (Å²) in [6.45, 7) is 5.56. The maximum Gasteiger partial charge on any atom is 0.280 e. The zero-order valence-corrected chi connectivity index (χ0v) is 21.1. The van der Waals surface area contributed by atoms with Crippen LogP contribution in [0.4, 0.5) is 17.2 Å². The van der Waals surface area contributed by atoms with Crippen molar-refractivity contribution in [3.8, 4) is 11.6 Å². The van der Waals surface area contributed by atoms with Gasteiger partial charge in [-0.15, -0.1) is 0 Å². The summed E-state index contributed by atoms with van der Waals surface area (Å²) in [6, 6.07) is 10.9. The lowest BCUT2D eigenvalue weighted by atomic mass is 10.1. The summed E-state index contributed by atoms with van der Waals surface area (Å²) >= 11 is 0. The van der Waals surface area contributed by atoms with Gasteiger partial charge in [-0.25, -0.2) is 13.4 Å². The number of rotatable bonds is 7. The summed E-state index contributed by atoms with van der Waals surface area (Å²) < 4.78 is 33.5. The molecule has 0 unspecified atom stereocenters. The first kappa shape index (κ1) is 25.9. The summed E-state index contributed by atoms with van der Waals surface area (Å²) in [6.07, 6.45) is 0. The largest absolute Gasteiger partial charge is 0.439 e. The number of sulfonamides is 1. The van der Waals surface area contributed by atoms with Crippen molar-refractivity contribution in [3.63, 3.8) is 0 Å². The molecule has 1 aliphatic rings. The van der Waals surface area contributed by atoms with Gasteiger partial charge in [0.25, 0.3) is 11.4 Å². The Morgan fingerprint density at radius 2 is 1.43 bits per heavy atom. The van der Waals surface area contributed by atoms with E-state index in [9.17, 15) is 28.6 Å². The first-order chi connectivity index (χ1) is 17.5. The molecule has 0 N–H and O–H groups in total. The van der Waals surface area contributed by atoms with Crippen LogP contribution in [0.1, 0.15) is 17.0 Å². The molecule has 1 fully saturated rings. The van der Waals surface area contributed by atoms with Crippen LogP contribution in [0.15, 0.2) is 47.4 Å². The summed E-state index contributed by atoms with van der Waals surface area (Å²) in [5, 5.41) is 22.8. The van der Waals surface area contributed by atoms with Crippen molar-refractivity contribution < 1.29 is 23.0 Å². The van der Waals surface area contributed by atoms with Crippen LogP contribution in [0, 0.1) is 41.0 Å². The van der Waals surface area contributed by atoms with E-state index in [0.717, 1.165) is 22.0 Å². The molecular formula is C23H24N6O7S. The average molecular weight is 529 g/mol. The summed E-state index contributed by atoms with van der Waals surface area (Å²) in [7, 11) is -4.22. The number of aryl methyl sites for hydroxylation is 2. The van der Waals surface area contributed by atoms with Gasteiger partial charge in [0, 0.05) is 44.4 Å². The number of ether oxygens (including phenoxy) is 1. The van der Waals surface area contributed by atoms with E-state index in [1.54, 1.807) is 13.0 Å². The Kier molecular flexibility index (Phi) is 7.05. The summed E-state index contributed by atoms with van der Waals surface area (Å²) in [4.78, 5) is 31.3. The molecule has 0 saturated carbocycles. The van der Waals surface area contributed by atoms with Crippen LogP contribution >= 0.6 is 0 Å². The van der Waals surface area contributed by atoms with Gasteiger partial charge < -0.3 is 9.64 Å². The first-order valence-corrected chi connectivity index (χ1v) is 12.7. The van der Waals surface area contributed by atoms with E-state index < -0.39 is 36.1 Å². The van der Waals surface area contributed by atoms with E-state index in [2.05, 4.69) is 9.97 Å². The van der Waals surface area contributed by atoms with Gasteiger partial charge >= 0.3 is 0 Å². The zero-order valence-electron chi connectivity index (χ0n) is 20.3. The van der Waals surface area contributed by atoms with Gasteiger partial charge in [-0.1, -0.05) is 17.7 Å². The number of hydrogen-bond acceptors (Lipinski definition) is 10. The summed E-state index contributed by atoms with van der Waals surface area (Å²) in [5.74, 6) is 2.01. The standard InChI is InChI=1S/C23H24N6O7S/c1-15-4-6-18(7-5-15)36-23-14-22(24-17(3)25-23)26-8-10-27(11-9-26)37(34,35)19-12-20(28(30)31)16(2)21(13-19)29(32)33/h4-7,12-14H,8-11H2,1-3H3. The molecule has 0 bridgehead atoms. The van der Waals surface area contributed by atoms with Crippen LogP contribution in [0.2, 0.25) is 0 Å². The third-order valence-corrected chi connectivity index (χ3v) is 7.84. The number of nitro benzene ring substituents is 2. The smallest absolute Gasteiger partial charge is 0.280 e. The molecule has 0 atom stereocenters. The molecule has 2 heterocycles. The highest BCUT2D eigenvalue weighted by Gasteiger charge is 2.33. The Hall–Kier alpha value is -4.17. The minimum absolute atomic E-state index is 0.0506. The number of nitrogens with zero attached hydrogens (tertiary/aromatic N) is 6. The van der Waals surface area contributed by atoms with Crippen molar-refractivity contribution >= 4 is 27.2 Å². The monoisotopic (exact) mass is 528 g/mol. The molecule has 1 aromatic heterocycles. The van der Waals surface area contributed by atoms with Crippen molar-refractivity contribution in [2.45, 2.75) is 25.7 Å².